The summed E-state index contributed by atoms with van der Waals surface area (Å²) in [6.07, 6.45) is -6.14. The summed E-state index contributed by atoms with van der Waals surface area (Å²) in [6.45, 7) is -0.149. The number of alkyl halides is 5. The summed E-state index contributed by atoms with van der Waals surface area (Å²) >= 11 is 6.36. The van der Waals surface area contributed by atoms with Gasteiger partial charge in [-0.2, -0.15) is 18.3 Å². The van der Waals surface area contributed by atoms with Gasteiger partial charge in [0.15, 0.2) is 11.5 Å². The highest BCUT2D eigenvalue weighted by molar-refractivity contribution is 6.34. The number of nitrogens with zero attached hydrogens (tertiary/aromatic N) is 5. The summed E-state index contributed by atoms with van der Waals surface area (Å²) in [7, 11) is 1.28. The third-order valence-corrected chi connectivity index (χ3v) is 9.18. The molecule has 2 aliphatic carbocycles. The number of halogens is 6. The highest BCUT2D eigenvalue weighted by Gasteiger charge is 2.57. The van der Waals surface area contributed by atoms with E-state index in [1.165, 1.54) is 25.2 Å². The molecule has 2 aromatic heterocycles. The van der Waals surface area contributed by atoms with Crippen molar-refractivity contribution in [3.63, 3.8) is 0 Å². The zero-order valence-electron chi connectivity index (χ0n) is 25.5. The van der Waals surface area contributed by atoms with Crippen LogP contribution in [0.1, 0.15) is 39.5 Å². The van der Waals surface area contributed by atoms with Crippen LogP contribution in [0, 0.1) is 11.8 Å². The Hall–Kier alpha value is -4.94. The first-order valence-corrected chi connectivity index (χ1v) is 15.4. The molecule has 3 aliphatic rings. The molecule has 262 valence electrons. The quantitative estimate of drug-likeness (QED) is 0.211. The van der Waals surface area contributed by atoms with Crippen molar-refractivity contribution in [3.8, 4) is 11.3 Å². The van der Waals surface area contributed by atoms with Crippen LogP contribution in [0.25, 0.3) is 11.3 Å². The molecule has 3 fully saturated rings. The first-order chi connectivity index (χ1) is 23.1. The highest BCUT2D eigenvalue weighted by atomic mass is 35.5. The number of anilines is 1. The van der Waals surface area contributed by atoms with Crippen molar-refractivity contribution in [2.75, 3.05) is 18.4 Å². The van der Waals surface area contributed by atoms with E-state index in [0.717, 1.165) is 17.0 Å². The lowest BCUT2D eigenvalue weighted by Crippen LogP contribution is -2.56. The summed E-state index contributed by atoms with van der Waals surface area (Å²) in [4.78, 5) is 54.8. The van der Waals surface area contributed by atoms with Gasteiger partial charge >= 0.3 is 18.3 Å². The van der Waals surface area contributed by atoms with Crippen molar-refractivity contribution in [1.82, 2.24) is 40.2 Å². The molecule has 2 saturated carbocycles. The van der Waals surface area contributed by atoms with Crippen LogP contribution >= 0.6 is 11.6 Å². The number of amides is 5. The molecule has 3 heterocycles. The van der Waals surface area contributed by atoms with Gasteiger partial charge in [-0.3, -0.25) is 14.3 Å². The predicted molar refractivity (Wildman–Crippen MR) is 161 cm³/mol. The summed E-state index contributed by atoms with van der Waals surface area (Å²) in [5.41, 5.74) is -1.82. The highest BCUT2D eigenvalue weighted by Crippen LogP contribution is 2.46. The number of carbonyl (C=O) groups excluding carboxylic acids is 3. The van der Waals surface area contributed by atoms with Gasteiger partial charge in [0.2, 0.25) is 0 Å². The average Bonchev–Trinajstić information content (AvgIpc) is 3.40. The molecule has 0 spiro atoms. The number of aromatic nitrogens is 4. The van der Waals surface area contributed by atoms with Crippen LogP contribution in [0.2, 0.25) is 5.02 Å². The number of likely N-dealkylation sites (tertiary alicyclic amines) is 1. The van der Waals surface area contributed by atoms with Gasteiger partial charge in [0.1, 0.15) is 6.54 Å². The van der Waals surface area contributed by atoms with Crippen LogP contribution in [0.15, 0.2) is 30.6 Å². The molecule has 0 bridgehead atoms. The molecule has 20 heteroatoms. The van der Waals surface area contributed by atoms with E-state index in [1.807, 2.05) is 0 Å². The van der Waals surface area contributed by atoms with Crippen LogP contribution in [-0.2, 0) is 19.8 Å². The van der Waals surface area contributed by atoms with Crippen molar-refractivity contribution in [2.45, 2.75) is 50.1 Å². The van der Waals surface area contributed by atoms with Crippen molar-refractivity contribution >= 4 is 41.2 Å². The summed E-state index contributed by atoms with van der Waals surface area (Å²) in [5, 5.41) is 22.7. The number of carbonyl (C=O) groups is 4. The third kappa shape index (κ3) is 7.11. The van der Waals surface area contributed by atoms with E-state index in [0.29, 0.717) is 30.6 Å². The Labute approximate surface area is 279 Å². The Balaban J connectivity index is 1.02. The first kappa shape index (κ1) is 33.9. The number of piperidine rings is 1. The van der Waals surface area contributed by atoms with E-state index < -0.39 is 48.3 Å². The molecule has 5 N–H and O–H groups in total. The van der Waals surface area contributed by atoms with Crippen LogP contribution in [0.5, 0.6) is 0 Å². The molecule has 5 amide bonds. The van der Waals surface area contributed by atoms with E-state index in [2.05, 4.69) is 31.3 Å². The Bertz CT molecular complexity index is 1800. The number of hydrogen-bond acceptors (Lipinski definition) is 6. The van der Waals surface area contributed by atoms with Gasteiger partial charge in [0, 0.05) is 62.0 Å². The van der Waals surface area contributed by atoms with Crippen molar-refractivity contribution in [1.29, 1.82) is 0 Å². The van der Waals surface area contributed by atoms with Gasteiger partial charge < -0.3 is 35.8 Å². The predicted octanol–water partition coefficient (Wildman–Crippen LogP) is 3.64. The number of urea groups is 1. The maximum atomic E-state index is 13.6. The number of carboxylic acid groups (broad SMARTS) is 1. The summed E-state index contributed by atoms with van der Waals surface area (Å²) in [6, 6.07) is 3.47. The number of benzene rings is 1. The number of rotatable bonds is 9. The van der Waals surface area contributed by atoms with Gasteiger partial charge in [0.05, 0.1) is 28.0 Å². The minimum atomic E-state index is -4.96. The second-order valence-electron chi connectivity index (χ2n) is 12.2. The van der Waals surface area contributed by atoms with Crippen molar-refractivity contribution < 1.29 is 46.2 Å². The Morgan fingerprint density at radius 3 is 2.33 bits per heavy atom. The normalized spacial score (nSPS) is 22.7. The summed E-state index contributed by atoms with van der Waals surface area (Å²) in [5.74, 6) is -1.42. The second-order valence-corrected chi connectivity index (χ2v) is 12.6. The Morgan fingerprint density at radius 1 is 1.04 bits per heavy atom. The maximum absolute atomic E-state index is 13.6. The standard InChI is InChI=1S/C29H29ClF5N9O5/c1-42-20(18-10-44(11-21(31)32)41-23(18)29(33,34)35)7-36-24(42)26(46)37-12-2-3-15(19(30)6-12)25(45)40-22-16-8-43(9-17(16)22)27(47)38-13-4-14(5-13)39-28(48)49/h2-3,6-7,10,13-14,16-17,21-22,39H,4-5,8-9,11H2,1H3,(H,37,46)(H,38,47)(H,40,45)(H,48,49)/t13?,14?,16-,17+,22?. The smallest absolute Gasteiger partial charge is 0.435 e. The van der Waals surface area contributed by atoms with E-state index in [1.54, 1.807) is 4.90 Å². The molecule has 1 aliphatic heterocycles. The topological polar surface area (TPSA) is 176 Å². The van der Waals surface area contributed by atoms with Crippen LogP contribution in [-0.4, -0.2) is 90.9 Å². The number of fused-ring (bicyclic) bond motifs is 1. The fraction of sp³-hybridized carbons (Fsp3) is 0.448. The zero-order chi connectivity index (χ0) is 35.4. The molecule has 3 atom stereocenters. The van der Waals surface area contributed by atoms with E-state index in [4.69, 9.17) is 16.7 Å². The molecule has 1 aromatic carbocycles. The van der Waals surface area contributed by atoms with Crippen molar-refractivity contribution in [3.05, 3.63) is 52.7 Å². The maximum Gasteiger partial charge on any atom is 0.435 e. The average molecular weight is 714 g/mol. The van der Waals surface area contributed by atoms with Gasteiger partial charge in [-0.1, -0.05) is 11.6 Å². The number of nitrogens with one attached hydrogen (secondary N) is 4. The first-order valence-electron chi connectivity index (χ1n) is 15.0. The van der Waals surface area contributed by atoms with Gasteiger partial charge in [-0.15, -0.1) is 0 Å². The molecule has 49 heavy (non-hydrogen) atoms. The monoisotopic (exact) mass is 713 g/mol. The lowest BCUT2D eigenvalue weighted by atomic mass is 9.87. The molecule has 14 nitrogen and oxygen atoms in total. The lowest BCUT2D eigenvalue weighted by Gasteiger charge is -2.36. The van der Waals surface area contributed by atoms with Gasteiger partial charge in [-0.05, 0) is 31.0 Å². The van der Waals surface area contributed by atoms with E-state index >= 15 is 0 Å². The minimum absolute atomic E-state index is 0.0140. The van der Waals surface area contributed by atoms with Crippen LogP contribution in [0.3, 0.4) is 0 Å². The SMILES string of the molecule is Cn1c(-c2cn(CC(F)F)nc2C(F)(F)F)cnc1C(=O)Nc1ccc(C(=O)NC2[C@H]3CN(C(=O)NC4CC(NC(=O)O)C4)C[C@@H]23)c(Cl)c1. The largest absolute Gasteiger partial charge is 0.465 e. The zero-order valence-corrected chi connectivity index (χ0v) is 26.2. The summed E-state index contributed by atoms with van der Waals surface area (Å²) < 4.78 is 68.0. The lowest BCUT2D eigenvalue weighted by molar-refractivity contribution is -0.141. The van der Waals surface area contributed by atoms with Crippen LogP contribution < -0.4 is 21.3 Å². The molecule has 0 radical (unpaired) electrons. The second kappa shape index (κ2) is 12.8. The molecule has 6 rings (SSSR count). The van der Waals surface area contributed by atoms with Gasteiger partial charge in [-0.25, -0.2) is 23.4 Å². The van der Waals surface area contributed by atoms with E-state index in [9.17, 15) is 41.1 Å². The molecule has 1 unspecified atom stereocenters. The molecular formula is C29H29ClF5N9O5. The molecule has 1 saturated heterocycles. The fourth-order valence-corrected chi connectivity index (χ4v) is 6.58. The Kier molecular flexibility index (Phi) is 8.89. The number of hydrogen-bond donors (Lipinski definition) is 5. The third-order valence-electron chi connectivity index (χ3n) is 8.87. The minimum Gasteiger partial charge on any atom is -0.465 e. The van der Waals surface area contributed by atoms with Crippen LogP contribution in [0.4, 0.5) is 37.2 Å². The van der Waals surface area contributed by atoms with Gasteiger partial charge in [0.25, 0.3) is 18.2 Å². The molecular weight excluding hydrogens is 685 g/mol. The van der Waals surface area contributed by atoms with Crippen molar-refractivity contribution in [2.24, 2.45) is 18.9 Å². The fourth-order valence-electron chi connectivity index (χ4n) is 6.32. The Morgan fingerprint density at radius 2 is 1.71 bits per heavy atom. The molecule has 3 aromatic rings. The van der Waals surface area contributed by atoms with E-state index in [-0.39, 0.29) is 63.8 Å². The number of imidazole rings is 1.